The smallest absolute Gasteiger partial charge is 0.164 e. The van der Waals surface area contributed by atoms with Crippen LogP contribution in [0.3, 0.4) is 0 Å². The topological polar surface area (TPSA) is 34.9 Å². The van der Waals surface area contributed by atoms with Crippen LogP contribution in [-0.2, 0) is 11.2 Å². The second kappa shape index (κ2) is 6.59. The van der Waals surface area contributed by atoms with Crippen LogP contribution in [0.1, 0.15) is 70.0 Å². The van der Waals surface area contributed by atoms with E-state index in [2.05, 4.69) is 29.0 Å². The van der Waals surface area contributed by atoms with Gasteiger partial charge in [0.15, 0.2) is 5.78 Å². The molecule has 2 aliphatic carbocycles. The van der Waals surface area contributed by atoms with Gasteiger partial charge in [-0.25, -0.2) is 0 Å². The standard InChI is InChI=1S/C18H26N2O/c1-14-7-9-15(10-8-14)18(21)13-16-11-12-20(19-16)17-5-3-2-4-6-17/h9,11-12,14,17H,2-8,10,13H2,1H3. The highest BCUT2D eigenvalue weighted by Crippen LogP contribution is 2.28. The Bertz CT molecular complexity index is 523. The van der Waals surface area contributed by atoms with Gasteiger partial charge in [0.05, 0.1) is 18.2 Å². The predicted molar refractivity (Wildman–Crippen MR) is 84.2 cm³/mol. The number of hydrogen-bond acceptors (Lipinski definition) is 2. The van der Waals surface area contributed by atoms with E-state index < -0.39 is 0 Å². The van der Waals surface area contributed by atoms with Crippen molar-refractivity contribution in [3.63, 3.8) is 0 Å². The lowest BCUT2D eigenvalue weighted by atomic mass is 9.88. The number of rotatable bonds is 4. The van der Waals surface area contributed by atoms with Gasteiger partial charge < -0.3 is 0 Å². The zero-order valence-corrected chi connectivity index (χ0v) is 13.1. The molecule has 1 heterocycles. The van der Waals surface area contributed by atoms with Crippen molar-refractivity contribution in [3.05, 3.63) is 29.6 Å². The minimum Gasteiger partial charge on any atom is -0.294 e. The highest BCUT2D eigenvalue weighted by molar-refractivity contribution is 5.96. The van der Waals surface area contributed by atoms with Gasteiger partial charge >= 0.3 is 0 Å². The molecule has 0 aliphatic heterocycles. The lowest BCUT2D eigenvalue weighted by Gasteiger charge is -2.21. The number of Topliss-reactive ketones (excluding diaryl/α,β-unsaturated/α-hetero) is 1. The van der Waals surface area contributed by atoms with Gasteiger partial charge in [-0.1, -0.05) is 32.3 Å². The first-order valence-corrected chi connectivity index (χ1v) is 8.48. The van der Waals surface area contributed by atoms with Gasteiger partial charge in [-0.3, -0.25) is 9.48 Å². The molecule has 21 heavy (non-hydrogen) atoms. The number of hydrogen-bond donors (Lipinski definition) is 0. The Morgan fingerprint density at radius 3 is 2.81 bits per heavy atom. The number of carbonyl (C=O) groups is 1. The minimum atomic E-state index is 0.274. The normalized spacial score (nSPS) is 23.9. The third kappa shape index (κ3) is 3.63. The van der Waals surface area contributed by atoms with E-state index in [1.54, 1.807) is 0 Å². The largest absolute Gasteiger partial charge is 0.294 e. The number of allylic oxidation sites excluding steroid dienone is 2. The maximum absolute atomic E-state index is 12.3. The fraction of sp³-hybridized carbons (Fsp3) is 0.667. The van der Waals surface area contributed by atoms with Crippen molar-refractivity contribution in [2.45, 2.75) is 70.8 Å². The molecule has 2 aliphatic rings. The molecule has 0 amide bonds. The van der Waals surface area contributed by atoms with Crippen LogP contribution < -0.4 is 0 Å². The summed E-state index contributed by atoms with van der Waals surface area (Å²) < 4.78 is 2.10. The number of nitrogens with zero attached hydrogens (tertiary/aromatic N) is 2. The molecule has 0 bridgehead atoms. The van der Waals surface area contributed by atoms with Crippen molar-refractivity contribution < 1.29 is 4.79 Å². The van der Waals surface area contributed by atoms with Crippen LogP contribution in [0.2, 0.25) is 0 Å². The highest BCUT2D eigenvalue weighted by atomic mass is 16.1. The van der Waals surface area contributed by atoms with Crippen molar-refractivity contribution >= 4 is 5.78 Å². The maximum Gasteiger partial charge on any atom is 0.164 e. The molecule has 1 atom stereocenters. The van der Waals surface area contributed by atoms with E-state index in [0.29, 0.717) is 12.5 Å². The van der Waals surface area contributed by atoms with Gasteiger partial charge in [0.1, 0.15) is 0 Å². The molecule has 0 radical (unpaired) electrons. The highest BCUT2D eigenvalue weighted by Gasteiger charge is 2.19. The van der Waals surface area contributed by atoms with Gasteiger partial charge in [-0.05, 0) is 49.7 Å². The Hall–Kier alpha value is -1.38. The summed E-state index contributed by atoms with van der Waals surface area (Å²) in [5.74, 6) is 1.00. The van der Waals surface area contributed by atoms with Crippen molar-refractivity contribution in [1.82, 2.24) is 9.78 Å². The molecular weight excluding hydrogens is 260 g/mol. The molecule has 1 aromatic rings. The van der Waals surface area contributed by atoms with Crippen LogP contribution in [0.25, 0.3) is 0 Å². The molecule has 3 nitrogen and oxygen atoms in total. The molecule has 3 heteroatoms. The molecule has 0 saturated heterocycles. The van der Waals surface area contributed by atoms with Crippen molar-refractivity contribution in [1.29, 1.82) is 0 Å². The Labute approximate surface area is 127 Å². The van der Waals surface area contributed by atoms with Gasteiger partial charge in [-0.15, -0.1) is 0 Å². The van der Waals surface area contributed by atoms with E-state index >= 15 is 0 Å². The van der Waals surface area contributed by atoms with Crippen LogP contribution in [0.5, 0.6) is 0 Å². The summed E-state index contributed by atoms with van der Waals surface area (Å²) >= 11 is 0. The third-order valence-electron chi connectivity index (χ3n) is 4.99. The summed E-state index contributed by atoms with van der Waals surface area (Å²) in [5, 5.41) is 4.65. The maximum atomic E-state index is 12.3. The molecule has 114 valence electrons. The first-order chi connectivity index (χ1) is 10.2. The average Bonchev–Trinajstić information content (AvgIpc) is 2.97. The molecule has 0 aromatic carbocycles. The average molecular weight is 286 g/mol. The van der Waals surface area contributed by atoms with Crippen LogP contribution in [0.4, 0.5) is 0 Å². The number of ketones is 1. The molecule has 0 spiro atoms. The quantitative estimate of drug-likeness (QED) is 0.829. The molecule has 1 saturated carbocycles. The van der Waals surface area contributed by atoms with Crippen LogP contribution >= 0.6 is 0 Å². The molecule has 1 fully saturated rings. The van der Waals surface area contributed by atoms with E-state index in [-0.39, 0.29) is 5.78 Å². The zero-order chi connectivity index (χ0) is 14.7. The van der Waals surface area contributed by atoms with E-state index in [9.17, 15) is 4.79 Å². The first kappa shape index (κ1) is 14.6. The second-order valence-corrected chi connectivity index (χ2v) is 6.79. The second-order valence-electron chi connectivity index (χ2n) is 6.79. The minimum absolute atomic E-state index is 0.274. The Balaban J connectivity index is 1.60. The number of carbonyl (C=O) groups excluding carboxylic acids is 1. The van der Waals surface area contributed by atoms with Gasteiger partial charge in [0.25, 0.3) is 0 Å². The summed E-state index contributed by atoms with van der Waals surface area (Å²) in [4.78, 5) is 12.3. The predicted octanol–water partition coefficient (Wildman–Crippen LogP) is 4.25. The zero-order valence-electron chi connectivity index (χ0n) is 13.1. The third-order valence-corrected chi connectivity index (χ3v) is 4.99. The Morgan fingerprint density at radius 2 is 2.10 bits per heavy atom. The van der Waals surface area contributed by atoms with Crippen molar-refractivity contribution in [3.8, 4) is 0 Å². The van der Waals surface area contributed by atoms with E-state index in [4.69, 9.17) is 0 Å². The first-order valence-electron chi connectivity index (χ1n) is 8.48. The van der Waals surface area contributed by atoms with E-state index in [1.165, 1.54) is 32.1 Å². The number of aromatic nitrogens is 2. The van der Waals surface area contributed by atoms with Crippen molar-refractivity contribution in [2.75, 3.05) is 0 Å². The summed E-state index contributed by atoms with van der Waals surface area (Å²) in [7, 11) is 0. The fourth-order valence-corrected chi connectivity index (χ4v) is 3.52. The molecule has 3 rings (SSSR count). The molecular formula is C18H26N2O. The summed E-state index contributed by atoms with van der Waals surface area (Å²) in [6, 6.07) is 2.58. The summed E-state index contributed by atoms with van der Waals surface area (Å²) in [6.07, 6.45) is 14.3. The molecule has 1 unspecified atom stereocenters. The van der Waals surface area contributed by atoms with Crippen LogP contribution in [0.15, 0.2) is 23.9 Å². The monoisotopic (exact) mass is 286 g/mol. The van der Waals surface area contributed by atoms with Crippen molar-refractivity contribution in [2.24, 2.45) is 5.92 Å². The van der Waals surface area contributed by atoms with E-state index in [0.717, 1.165) is 36.4 Å². The SMILES string of the molecule is CC1CC=C(C(=O)Cc2ccn(C3CCCCC3)n2)CC1. The van der Waals surface area contributed by atoms with Gasteiger partial charge in [0.2, 0.25) is 0 Å². The molecule has 1 aromatic heterocycles. The summed E-state index contributed by atoms with van der Waals surface area (Å²) in [6.45, 7) is 2.25. The van der Waals surface area contributed by atoms with Crippen LogP contribution in [0, 0.1) is 5.92 Å². The van der Waals surface area contributed by atoms with Gasteiger partial charge in [-0.2, -0.15) is 5.10 Å². The molecule has 0 N–H and O–H groups in total. The van der Waals surface area contributed by atoms with E-state index in [1.807, 2.05) is 6.07 Å². The Morgan fingerprint density at radius 1 is 1.29 bits per heavy atom. The fourth-order valence-electron chi connectivity index (χ4n) is 3.52. The van der Waals surface area contributed by atoms with Gasteiger partial charge in [0, 0.05) is 6.20 Å². The Kier molecular flexibility index (Phi) is 4.57. The summed E-state index contributed by atoms with van der Waals surface area (Å²) in [5.41, 5.74) is 1.96. The lowest BCUT2D eigenvalue weighted by molar-refractivity contribution is -0.115. The lowest BCUT2D eigenvalue weighted by Crippen LogP contribution is -2.15. The van der Waals surface area contributed by atoms with Crippen LogP contribution in [-0.4, -0.2) is 15.6 Å².